The number of para-hydroxylation sites is 1. The van der Waals surface area contributed by atoms with Crippen molar-refractivity contribution in [3.8, 4) is 44.5 Å². The highest BCUT2D eigenvalue weighted by atomic mass is 19.1. The van der Waals surface area contributed by atoms with Crippen LogP contribution >= 0.6 is 0 Å². The van der Waals surface area contributed by atoms with Crippen LogP contribution in [0.3, 0.4) is 0 Å². The van der Waals surface area contributed by atoms with Crippen LogP contribution in [-0.2, 0) is 6.67 Å². The molecule has 0 saturated carbocycles. The van der Waals surface area contributed by atoms with Gasteiger partial charge in [0.15, 0.2) is 0 Å². The Hall–Kier alpha value is -7.03. The van der Waals surface area contributed by atoms with Crippen molar-refractivity contribution in [3.05, 3.63) is 194 Å². The minimum atomic E-state index is -0.475. The first kappa shape index (κ1) is 31.5. The Balaban J connectivity index is 1.16. The average Bonchev–Trinajstić information content (AvgIpc) is 3.63. The second-order valence-electron chi connectivity index (χ2n) is 14.4. The minimum Gasteiger partial charge on any atom is -0.455 e. The first-order chi connectivity index (χ1) is 27.3. The van der Waals surface area contributed by atoms with Gasteiger partial charge < -0.3 is 4.42 Å². The number of rotatable bonds is 5. The number of alkyl halides is 1. The Morgan fingerprint density at radius 2 is 0.745 bits per heavy atom. The summed E-state index contributed by atoms with van der Waals surface area (Å²) in [6, 6.07) is 66.6. The summed E-state index contributed by atoms with van der Waals surface area (Å²) in [7, 11) is 0. The molecule has 258 valence electrons. The molecular formula is C53H33FO. The number of furan rings is 1. The van der Waals surface area contributed by atoms with Crippen LogP contribution in [0.5, 0.6) is 0 Å². The third-order valence-corrected chi connectivity index (χ3v) is 11.4. The fourth-order valence-corrected chi connectivity index (χ4v) is 9.00. The molecule has 0 unspecified atom stereocenters. The van der Waals surface area contributed by atoms with Crippen molar-refractivity contribution in [3.63, 3.8) is 0 Å². The molecule has 0 atom stereocenters. The molecule has 10 aromatic carbocycles. The van der Waals surface area contributed by atoms with E-state index in [4.69, 9.17) is 4.42 Å². The number of halogens is 1. The molecule has 0 bridgehead atoms. The van der Waals surface area contributed by atoms with Crippen molar-refractivity contribution in [2.24, 2.45) is 0 Å². The largest absolute Gasteiger partial charge is 0.455 e. The van der Waals surface area contributed by atoms with Crippen LogP contribution in [0, 0.1) is 0 Å². The van der Waals surface area contributed by atoms with Gasteiger partial charge in [-0.1, -0.05) is 176 Å². The minimum absolute atomic E-state index is 0.475. The molecule has 11 aromatic rings. The van der Waals surface area contributed by atoms with Gasteiger partial charge in [0.05, 0.1) is 0 Å². The van der Waals surface area contributed by atoms with E-state index in [1.165, 1.54) is 38.2 Å². The average molecular weight is 705 g/mol. The lowest BCUT2D eigenvalue weighted by molar-refractivity contribution is 0.485. The molecule has 0 amide bonds. The number of fused-ring (bicyclic) bond motifs is 7. The van der Waals surface area contributed by atoms with E-state index in [9.17, 15) is 4.39 Å². The van der Waals surface area contributed by atoms with Gasteiger partial charge in [0.25, 0.3) is 0 Å². The van der Waals surface area contributed by atoms with E-state index in [0.29, 0.717) is 5.56 Å². The highest BCUT2D eigenvalue weighted by Crippen LogP contribution is 2.48. The summed E-state index contributed by atoms with van der Waals surface area (Å²) in [5, 5.41) is 11.7. The third-order valence-electron chi connectivity index (χ3n) is 11.4. The SMILES string of the molecule is FCc1ccc(-c2c3ccccc3c(-c3cccc4c3oc3cc(-c5c6ccccc6c(-c6ccccc6)c6ccccc56)ccc34)c3ccccc23)cc1. The quantitative estimate of drug-likeness (QED) is 0.163. The van der Waals surface area contributed by atoms with Crippen molar-refractivity contribution in [1.29, 1.82) is 0 Å². The van der Waals surface area contributed by atoms with E-state index < -0.39 is 6.67 Å². The molecule has 55 heavy (non-hydrogen) atoms. The zero-order valence-electron chi connectivity index (χ0n) is 29.9. The van der Waals surface area contributed by atoms with Crippen LogP contribution in [0.1, 0.15) is 5.56 Å². The molecule has 0 aliphatic carbocycles. The lowest BCUT2D eigenvalue weighted by atomic mass is 9.85. The second-order valence-corrected chi connectivity index (χ2v) is 14.4. The van der Waals surface area contributed by atoms with Crippen LogP contribution in [0.15, 0.2) is 192 Å². The van der Waals surface area contributed by atoms with Crippen molar-refractivity contribution in [1.82, 2.24) is 0 Å². The Kier molecular flexibility index (Phi) is 7.18. The van der Waals surface area contributed by atoms with E-state index in [0.717, 1.165) is 71.3 Å². The first-order valence-electron chi connectivity index (χ1n) is 18.8. The summed E-state index contributed by atoms with van der Waals surface area (Å²) in [6.07, 6.45) is 0. The van der Waals surface area contributed by atoms with Gasteiger partial charge in [0, 0.05) is 21.9 Å². The number of hydrogen-bond donors (Lipinski definition) is 0. The highest BCUT2D eigenvalue weighted by molar-refractivity contribution is 6.25. The molecule has 0 aliphatic heterocycles. The Morgan fingerprint density at radius 1 is 0.327 bits per heavy atom. The topological polar surface area (TPSA) is 13.1 Å². The van der Waals surface area contributed by atoms with Gasteiger partial charge in [-0.2, -0.15) is 0 Å². The van der Waals surface area contributed by atoms with Gasteiger partial charge in [-0.3, -0.25) is 0 Å². The highest BCUT2D eigenvalue weighted by Gasteiger charge is 2.22. The van der Waals surface area contributed by atoms with Crippen LogP contribution in [0.2, 0.25) is 0 Å². The normalized spacial score (nSPS) is 11.8. The van der Waals surface area contributed by atoms with Crippen molar-refractivity contribution < 1.29 is 8.81 Å². The van der Waals surface area contributed by atoms with Gasteiger partial charge in [0.2, 0.25) is 0 Å². The molecule has 0 N–H and O–H groups in total. The van der Waals surface area contributed by atoms with Crippen LogP contribution in [0.25, 0.3) is 110 Å². The molecule has 1 heterocycles. The van der Waals surface area contributed by atoms with E-state index in [1.54, 1.807) is 0 Å². The van der Waals surface area contributed by atoms with Gasteiger partial charge in [-0.25, -0.2) is 4.39 Å². The van der Waals surface area contributed by atoms with Crippen LogP contribution in [0.4, 0.5) is 4.39 Å². The molecule has 1 nitrogen and oxygen atoms in total. The van der Waals surface area contributed by atoms with Gasteiger partial charge in [-0.05, 0) is 94.2 Å². The van der Waals surface area contributed by atoms with Gasteiger partial charge in [0.1, 0.15) is 17.8 Å². The number of hydrogen-bond acceptors (Lipinski definition) is 1. The smallest absolute Gasteiger partial charge is 0.143 e. The number of benzene rings is 10. The zero-order chi connectivity index (χ0) is 36.5. The molecule has 0 radical (unpaired) electrons. The summed E-state index contributed by atoms with van der Waals surface area (Å²) < 4.78 is 20.5. The summed E-state index contributed by atoms with van der Waals surface area (Å²) in [5.41, 5.74) is 11.6. The van der Waals surface area contributed by atoms with E-state index in [1.807, 2.05) is 24.3 Å². The monoisotopic (exact) mass is 704 g/mol. The van der Waals surface area contributed by atoms with E-state index in [2.05, 4.69) is 164 Å². The van der Waals surface area contributed by atoms with Gasteiger partial charge >= 0.3 is 0 Å². The van der Waals surface area contributed by atoms with Crippen LogP contribution in [-0.4, -0.2) is 0 Å². The molecule has 0 aliphatic rings. The Labute approximate surface area is 317 Å². The second kappa shape index (κ2) is 12.5. The fraction of sp³-hybridized carbons (Fsp3) is 0.0189. The summed E-state index contributed by atoms with van der Waals surface area (Å²) in [6.45, 7) is -0.475. The molecule has 2 heteroatoms. The fourth-order valence-electron chi connectivity index (χ4n) is 9.00. The lowest BCUT2D eigenvalue weighted by Crippen LogP contribution is -1.91. The molecule has 11 rings (SSSR count). The predicted molar refractivity (Wildman–Crippen MR) is 230 cm³/mol. The molecule has 1 aromatic heterocycles. The van der Waals surface area contributed by atoms with Gasteiger partial charge in [-0.15, -0.1) is 0 Å². The van der Waals surface area contributed by atoms with E-state index in [-0.39, 0.29) is 0 Å². The maximum Gasteiger partial charge on any atom is 0.143 e. The predicted octanol–water partition coefficient (Wildman–Crippen LogP) is 15.3. The maximum atomic E-state index is 13.5. The Bertz CT molecular complexity index is 3170. The maximum absolute atomic E-state index is 13.5. The lowest BCUT2D eigenvalue weighted by Gasteiger charge is -2.18. The summed E-state index contributed by atoms with van der Waals surface area (Å²) in [4.78, 5) is 0. The van der Waals surface area contributed by atoms with Crippen molar-refractivity contribution >= 4 is 65.0 Å². The molecule has 0 spiro atoms. The van der Waals surface area contributed by atoms with Crippen LogP contribution < -0.4 is 0 Å². The first-order valence-corrected chi connectivity index (χ1v) is 18.8. The molecular weight excluding hydrogens is 672 g/mol. The van der Waals surface area contributed by atoms with Crippen molar-refractivity contribution in [2.75, 3.05) is 0 Å². The Morgan fingerprint density at radius 3 is 1.25 bits per heavy atom. The summed E-state index contributed by atoms with van der Waals surface area (Å²) in [5.74, 6) is 0. The molecule has 0 saturated heterocycles. The standard InChI is InChI=1S/C53H33FO/c54-32-33-25-27-35(28-26-33)50-42-19-8-10-21-44(42)52(45-22-11-9-20-43(45)50)47-24-12-23-46-37-30-29-36(31-48(37)55-53(46)47)51-40-17-6-4-15-38(40)49(34-13-2-1-3-14-34)39-16-5-7-18-41(39)51/h1-31H,32H2. The third kappa shape index (κ3) is 4.85. The molecule has 0 fully saturated rings. The van der Waals surface area contributed by atoms with Crippen molar-refractivity contribution in [2.45, 2.75) is 6.67 Å². The zero-order valence-corrected chi connectivity index (χ0v) is 29.9. The summed E-state index contributed by atoms with van der Waals surface area (Å²) >= 11 is 0. The van der Waals surface area contributed by atoms with E-state index >= 15 is 0 Å².